The van der Waals surface area contributed by atoms with E-state index >= 15 is 0 Å². The van der Waals surface area contributed by atoms with Gasteiger partial charge in [0.05, 0.1) is 16.9 Å². The second-order valence-electron chi connectivity index (χ2n) is 7.84. The van der Waals surface area contributed by atoms with Gasteiger partial charge in [0.25, 0.3) is 0 Å². The molecule has 0 bridgehead atoms. The zero-order valence-corrected chi connectivity index (χ0v) is 16.3. The van der Waals surface area contributed by atoms with Gasteiger partial charge in [0, 0.05) is 22.7 Å². The van der Waals surface area contributed by atoms with Gasteiger partial charge in [0.15, 0.2) is 0 Å². The van der Waals surface area contributed by atoms with Crippen molar-refractivity contribution in [3.05, 3.63) is 54.1 Å². The fraction of sp³-hybridized carbons (Fsp3) is 0.364. The van der Waals surface area contributed by atoms with Crippen molar-refractivity contribution in [1.82, 2.24) is 9.97 Å². The molecule has 2 aromatic heterocycles. The van der Waals surface area contributed by atoms with Gasteiger partial charge in [-0.15, -0.1) is 0 Å². The molecular formula is C22H26FN3O. The van der Waals surface area contributed by atoms with E-state index in [1.807, 2.05) is 32.0 Å². The minimum Gasteiger partial charge on any atom is -0.490 e. The molecule has 3 aromatic rings. The lowest BCUT2D eigenvalue weighted by Gasteiger charge is -2.27. The lowest BCUT2D eigenvalue weighted by Crippen LogP contribution is -2.43. The molecule has 2 N–H and O–H groups in total. The monoisotopic (exact) mass is 367 g/mol. The quantitative estimate of drug-likeness (QED) is 0.674. The molecule has 27 heavy (non-hydrogen) atoms. The summed E-state index contributed by atoms with van der Waals surface area (Å²) in [5.41, 5.74) is 9.05. The Hall–Kier alpha value is -2.53. The van der Waals surface area contributed by atoms with Crippen LogP contribution in [0.2, 0.25) is 0 Å². The molecule has 0 saturated carbocycles. The maximum Gasteiger partial charge on any atom is 0.140 e. The van der Waals surface area contributed by atoms with Gasteiger partial charge in [-0.3, -0.25) is 4.98 Å². The second-order valence-corrected chi connectivity index (χ2v) is 7.84. The first-order valence-electron chi connectivity index (χ1n) is 9.19. The van der Waals surface area contributed by atoms with Crippen molar-refractivity contribution in [3.8, 4) is 17.0 Å². The highest BCUT2D eigenvalue weighted by atomic mass is 19.1. The van der Waals surface area contributed by atoms with E-state index in [1.165, 1.54) is 12.1 Å². The number of halogens is 1. The number of pyridine rings is 2. The number of aromatic nitrogens is 2. The summed E-state index contributed by atoms with van der Waals surface area (Å²) < 4.78 is 19.6. The molecule has 5 heteroatoms. The molecule has 1 aromatic carbocycles. The molecule has 1 atom stereocenters. The zero-order chi connectivity index (χ0) is 19.6. The lowest BCUT2D eigenvalue weighted by atomic mass is 9.93. The number of hydrogen-bond donors (Lipinski definition) is 1. The predicted molar refractivity (Wildman–Crippen MR) is 107 cm³/mol. The molecular weight excluding hydrogens is 341 g/mol. The highest BCUT2D eigenvalue weighted by Gasteiger charge is 2.21. The van der Waals surface area contributed by atoms with Crippen LogP contribution in [0.15, 0.2) is 42.6 Å². The Morgan fingerprint density at radius 2 is 1.96 bits per heavy atom. The van der Waals surface area contributed by atoms with Gasteiger partial charge in [-0.25, -0.2) is 9.37 Å². The number of nitrogens with zero attached hydrogens (tertiary/aromatic N) is 2. The van der Waals surface area contributed by atoms with E-state index in [9.17, 15) is 4.39 Å². The molecule has 0 unspecified atom stereocenters. The van der Waals surface area contributed by atoms with E-state index in [0.717, 1.165) is 34.3 Å². The van der Waals surface area contributed by atoms with Gasteiger partial charge in [-0.05, 0) is 62.6 Å². The summed E-state index contributed by atoms with van der Waals surface area (Å²) in [6, 6.07) is 10.2. The van der Waals surface area contributed by atoms with Crippen LogP contribution in [-0.4, -0.2) is 22.1 Å². The van der Waals surface area contributed by atoms with Crippen molar-refractivity contribution >= 4 is 10.9 Å². The standard InChI is InChI=1S/C22H26FN3O/c1-14(2)12-22(4,24)13-27-21-8-7-20(26-15(21)3)17-9-10-25-19-6-5-16(23)11-18(17)19/h5-11,14H,12-13,24H2,1-4H3/t22-/m0/s1. The Bertz CT molecular complexity index is 953. The lowest BCUT2D eigenvalue weighted by molar-refractivity contribution is 0.205. The first-order valence-corrected chi connectivity index (χ1v) is 9.19. The van der Waals surface area contributed by atoms with Gasteiger partial charge >= 0.3 is 0 Å². The third-order valence-electron chi connectivity index (χ3n) is 4.45. The SMILES string of the molecule is Cc1nc(-c2ccnc3ccc(F)cc23)ccc1OC[C@@](C)(N)CC(C)C. The van der Waals surface area contributed by atoms with Crippen LogP contribution >= 0.6 is 0 Å². The summed E-state index contributed by atoms with van der Waals surface area (Å²) in [4.78, 5) is 8.96. The normalized spacial score (nSPS) is 13.7. The van der Waals surface area contributed by atoms with Gasteiger partial charge in [0.1, 0.15) is 18.2 Å². The van der Waals surface area contributed by atoms with Crippen LogP contribution in [0.4, 0.5) is 4.39 Å². The summed E-state index contributed by atoms with van der Waals surface area (Å²) in [7, 11) is 0. The molecule has 0 aliphatic heterocycles. The van der Waals surface area contributed by atoms with Crippen LogP contribution in [-0.2, 0) is 0 Å². The fourth-order valence-corrected chi connectivity index (χ4v) is 3.43. The van der Waals surface area contributed by atoms with Crippen LogP contribution in [0.5, 0.6) is 5.75 Å². The van der Waals surface area contributed by atoms with Crippen LogP contribution < -0.4 is 10.5 Å². The molecule has 0 aliphatic carbocycles. The van der Waals surface area contributed by atoms with Gasteiger partial charge in [-0.2, -0.15) is 0 Å². The van der Waals surface area contributed by atoms with E-state index in [1.54, 1.807) is 12.3 Å². The minimum absolute atomic E-state index is 0.291. The number of fused-ring (bicyclic) bond motifs is 1. The second kappa shape index (κ2) is 7.61. The number of hydrogen-bond acceptors (Lipinski definition) is 4. The average molecular weight is 367 g/mol. The molecule has 0 spiro atoms. The minimum atomic E-state index is -0.391. The predicted octanol–water partition coefficient (Wildman–Crippen LogP) is 4.89. The van der Waals surface area contributed by atoms with E-state index in [2.05, 4.69) is 23.8 Å². The number of nitrogens with two attached hydrogens (primary N) is 1. The van der Waals surface area contributed by atoms with Crippen molar-refractivity contribution in [1.29, 1.82) is 0 Å². The number of aryl methyl sites for hydroxylation is 1. The van der Waals surface area contributed by atoms with Crippen LogP contribution in [0.25, 0.3) is 22.2 Å². The fourth-order valence-electron chi connectivity index (χ4n) is 3.43. The molecule has 0 fully saturated rings. The highest BCUT2D eigenvalue weighted by molar-refractivity contribution is 5.93. The van der Waals surface area contributed by atoms with E-state index in [-0.39, 0.29) is 5.82 Å². The highest BCUT2D eigenvalue weighted by Crippen LogP contribution is 2.29. The third kappa shape index (κ3) is 4.61. The molecule has 142 valence electrons. The topological polar surface area (TPSA) is 61.0 Å². The van der Waals surface area contributed by atoms with Crippen molar-refractivity contribution in [3.63, 3.8) is 0 Å². The first-order chi connectivity index (χ1) is 12.7. The Labute approximate surface area is 159 Å². The Balaban J connectivity index is 1.87. The van der Waals surface area contributed by atoms with Gasteiger partial charge in [0.2, 0.25) is 0 Å². The summed E-state index contributed by atoms with van der Waals surface area (Å²) in [5, 5.41) is 0.740. The van der Waals surface area contributed by atoms with E-state index < -0.39 is 5.54 Å². The average Bonchev–Trinajstić information content (AvgIpc) is 2.59. The van der Waals surface area contributed by atoms with Crippen LogP contribution in [0.3, 0.4) is 0 Å². The zero-order valence-electron chi connectivity index (χ0n) is 16.3. The Kier molecular flexibility index (Phi) is 5.42. The maximum absolute atomic E-state index is 13.7. The van der Waals surface area contributed by atoms with Crippen molar-refractivity contribution in [2.45, 2.75) is 39.7 Å². The molecule has 0 amide bonds. The summed E-state index contributed by atoms with van der Waals surface area (Å²) in [5.74, 6) is 0.926. The number of ether oxygens (including phenoxy) is 1. The Morgan fingerprint density at radius 3 is 2.67 bits per heavy atom. The first kappa shape index (κ1) is 19.2. The van der Waals surface area contributed by atoms with Crippen molar-refractivity contribution in [2.24, 2.45) is 11.7 Å². The Morgan fingerprint density at radius 1 is 1.19 bits per heavy atom. The van der Waals surface area contributed by atoms with E-state index in [4.69, 9.17) is 10.5 Å². The van der Waals surface area contributed by atoms with Crippen LogP contribution in [0.1, 0.15) is 32.9 Å². The molecule has 4 nitrogen and oxygen atoms in total. The summed E-state index contributed by atoms with van der Waals surface area (Å²) in [6.45, 7) is 8.63. The maximum atomic E-state index is 13.7. The number of rotatable bonds is 6. The summed E-state index contributed by atoms with van der Waals surface area (Å²) >= 11 is 0. The van der Waals surface area contributed by atoms with E-state index in [0.29, 0.717) is 18.3 Å². The largest absolute Gasteiger partial charge is 0.490 e. The molecule has 0 saturated heterocycles. The van der Waals surface area contributed by atoms with Gasteiger partial charge in [-0.1, -0.05) is 13.8 Å². The molecule has 2 heterocycles. The molecule has 0 radical (unpaired) electrons. The van der Waals surface area contributed by atoms with Crippen molar-refractivity contribution < 1.29 is 9.13 Å². The van der Waals surface area contributed by atoms with Gasteiger partial charge < -0.3 is 10.5 Å². The molecule has 3 rings (SSSR count). The molecule has 0 aliphatic rings. The van der Waals surface area contributed by atoms with Crippen LogP contribution in [0, 0.1) is 18.7 Å². The summed E-state index contributed by atoms with van der Waals surface area (Å²) in [6.07, 6.45) is 2.59. The van der Waals surface area contributed by atoms with Crippen molar-refractivity contribution in [2.75, 3.05) is 6.61 Å². The number of benzene rings is 1. The third-order valence-corrected chi connectivity index (χ3v) is 4.45. The smallest absolute Gasteiger partial charge is 0.140 e.